The van der Waals surface area contributed by atoms with Crippen LogP contribution in [0.2, 0.25) is 0 Å². The van der Waals surface area contributed by atoms with Gasteiger partial charge in [0.1, 0.15) is 0 Å². The van der Waals surface area contributed by atoms with Gasteiger partial charge in [-0.3, -0.25) is 10.1 Å². The zero-order chi connectivity index (χ0) is 17.6. The van der Waals surface area contributed by atoms with Crippen LogP contribution in [0.1, 0.15) is 38.5 Å². The van der Waals surface area contributed by atoms with Gasteiger partial charge in [0.2, 0.25) is 0 Å². The standard InChI is InChI=1S/C16H23N3O4S2/c20-13(21)10-24-14-8-17-15(25-14)18-16(22)19(12-6-7-23-9-12)11-4-2-1-3-5-11/h8,11-12H,1-7,9-10H2,(H,20,21)(H,17,18,22). The minimum absolute atomic E-state index is 0.0107. The molecule has 0 aromatic carbocycles. The average molecular weight is 386 g/mol. The summed E-state index contributed by atoms with van der Waals surface area (Å²) < 4.78 is 6.28. The summed E-state index contributed by atoms with van der Waals surface area (Å²) >= 11 is 2.52. The molecule has 3 rings (SSSR count). The molecular formula is C16H23N3O4S2. The number of ether oxygens (including phenoxy) is 1. The van der Waals surface area contributed by atoms with Crippen molar-refractivity contribution in [2.45, 2.75) is 54.8 Å². The van der Waals surface area contributed by atoms with Crippen LogP contribution in [-0.2, 0) is 9.53 Å². The zero-order valence-corrected chi connectivity index (χ0v) is 15.6. The molecule has 9 heteroatoms. The summed E-state index contributed by atoms with van der Waals surface area (Å²) in [5.74, 6) is -0.878. The first-order valence-corrected chi connectivity index (χ1v) is 10.4. The Morgan fingerprint density at radius 1 is 1.32 bits per heavy atom. The Kier molecular flexibility index (Phi) is 6.55. The number of aromatic nitrogens is 1. The van der Waals surface area contributed by atoms with Gasteiger partial charge in [-0.2, -0.15) is 0 Å². The lowest BCUT2D eigenvalue weighted by Crippen LogP contribution is -2.50. The third kappa shape index (κ3) is 5.08. The summed E-state index contributed by atoms with van der Waals surface area (Å²) in [7, 11) is 0. The molecule has 7 nitrogen and oxygen atoms in total. The van der Waals surface area contributed by atoms with E-state index in [9.17, 15) is 9.59 Å². The van der Waals surface area contributed by atoms with Gasteiger partial charge < -0.3 is 14.7 Å². The number of thioether (sulfide) groups is 1. The second-order valence-electron chi connectivity index (χ2n) is 6.31. The number of hydrogen-bond acceptors (Lipinski definition) is 6. The van der Waals surface area contributed by atoms with Gasteiger partial charge in [0.25, 0.3) is 0 Å². The van der Waals surface area contributed by atoms with Crippen LogP contribution in [0.25, 0.3) is 0 Å². The first kappa shape index (κ1) is 18.5. The molecule has 2 amide bonds. The van der Waals surface area contributed by atoms with Crippen LogP contribution in [0.5, 0.6) is 0 Å². The number of carboxylic acids is 1. The van der Waals surface area contributed by atoms with E-state index in [0.717, 1.165) is 36.3 Å². The highest BCUT2D eigenvalue weighted by Crippen LogP contribution is 2.30. The summed E-state index contributed by atoms with van der Waals surface area (Å²) in [5, 5.41) is 12.2. The summed E-state index contributed by atoms with van der Waals surface area (Å²) in [5.41, 5.74) is 0. The van der Waals surface area contributed by atoms with Crippen LogP contribution in [-0.4, -0.2) is 58.0 Å². The van der Waals surface area contributed by atoms with E-state index in [2.05, 4.69) is 10.3 Å². The maximum atomic E-state index is 12.9. The summed E-state index contributed by atoms with van der Waals surface area (Å²) in [6.45, 7) is 1.30. The van der Waals surface area contributed by atoms with Gasteiger partial charge in [-0.1, -0.05) is 30.6 Å². The Balaban J connectivity index is 1.64. The number of nitrogens with one attached hydrogen (secondary N) is 1. The number of anilines is 1. The number of rotatable bonds is 6. The van der Waals surface area contributed by atoms with Crippen molar-refractivity contribution in [1.82, 2.24) is 9.88 Å². The van der Waals surface area contributed by atoms with E-state index in [1.165, 1.54) is 29.5 Å². The van der Waals surface area contributed by atoms with E-state index in [4.69, 9.17) is 9.84 Å². The van der Waals surface area contributed by atoms with Crippen LogP contribution in [0.15, 0.2) is 10.4 Å². The molecule has 1 atom stereocenters. The van der Waals surface area contributed by atoms with Gasteiger partial charge in [-0.15, -0.1) is 11.8 Å². The third-order valence-corrected chi connectivity index (χ3v) is 6.63. The SMILES string of the molecule is O=C(O)CSc1cnc(NC(=O)N(C2CCCCC2)C2CCOC2)s1. The molecule has 0 bridgehead atoms. The summed E-state index contributed by atoms with van der Waals surface area (Å²) in [4.78, 5) is 29.7. The molecule has 2 heterocycles. The van der Waals surface area contributed by atoms with Crippen molar-refractivity contribution in [1.29, 1.82) is 0 Å². The molecule has 1 saturated heterocycles. The number of hydrogen-bond donors (Lipinski definition) is 2. The van der Waals surface area contributed by atoms with Crippen molar-refractivity contribution in [3.05, 3.63) is 6.20 Å². The molecule has 2 fully saturated rings. The first-order chi connectivity index (χ1) is 12.1. The van der Waals surface area contributed by atoms with Gasteiger partial charge in [-0.25, -0.2) is 9.78 Å². The average Bonchev–Trinajstić information content (AvgIpc) is 3.26. The van der Waals surface area contributed by atoms with Crippen molar-refractivity contribution in [3.63, 3.8) is 0 Å². The third-order valence-electron chi connectivity index (χ3n) is 4.54. The number of nitrogens with zero attached hydrogens (tertiary/aromatic N) is 2. The van der Waals surface area contributed by atoms with Crippen LogP contribution < -0.4 is 5.32 Å². The lowest BCUT2D eigenvalue weighted by Gasteiger charge is -2.37. The van der Waals surface area contributed by atoms with Crippen LogP contribution >= 0.6 is 23.1 Å². The smallest absolute Gasteiger partial charge is 0.324 e. The maximum absolute atomic E-state index is 12.9. The molecule has 2 N–H and O–H groups in total. The second-order valence-corrected chi connectivity index (χ2v) is 8.62. The van der Waals surface area contributed by atoms with Crippen molar-refractivity contribution in [2.24, 2.45) is 0 Å². The number of urea groups is 1. The Bertz CT molecular complexity index is 598. The Hall–Kier alpha value is -1.32. The maximum Gasteiger partial charge on any atom is 0.324 e. The molecule has 138 valence electrons. The predicted molar refractivity (Wildman–Crippen MR) is 97.4 cm³/mol. The second kappa shape index (κ2) is 8.86. The fourth-order valence-corrected chi connectivity index (χ4v) is 4.99. The molecule has 0 spiro atoms. The number of carbonyl (C=O) groups is 2. The molecule has 1 saturated carbocycles. The Labute approximate surface area is 155 Å². The summed E-state index contributed by atoms with van der Waals surface area (Å²) in [6.07, 6.45) is 8.14. The van der Waals surface area contributed by atoms with Crippen molar-refractivity contribution in [2.75, 3.05) is 24.3 Å². The highest BCUT2D eigenvalue weighted by Gasteiger charge is 2.34. The van der Waals surface area contributed by atoms with E-state index in [0.29, 0.717) is 18.3 Å². The summed E-state index contributed by atoms with van der Waals surface area (Å²) in [6, 6.07) is 0.275. The molecule has 1 unspecified atom stereocenters. The van der Waals surface area contributed by atoms with E-state index in [1.807, 2.05) is 4.90 Å². The van der Waals surface area contributed by atoms with E-state index in [1.54, 1.807) is 6.20 Å². The molecule has 1 aromatic rings. The minimum Gasteiger partial charge on any atom is -0.481 e. The molecule has 25 heavy (non-hydrogen) atoms. The molecule has 0 radical (unpaired) electrons. The quantitative estimate of drug-likeness (QED) is 0.730. The van der Waals surface area contributed by atoms with Gasteiger partial charge >= 0.3 is 12.0 Å². The van der Waals surface area contributed by atoms with Crippen molar-refractivity contribution in [3.8, 4) is 0 Å². The number of aliphatic carboxylic acids is 1. The normalized spacial score (nSPS) is 21.2. The molecule has 1 aromatic heterocycles. The van der Waals surface area contributed by atoms with Gasteiger partial charge in [0, 0.05) is 12.6 Å². The molecule has 1 aliphatic carbocycles. The number of carbonyl (C=O) groups excluding carboxylic acids is 1. The fraction of sp³-hybridized carbons (Fsp3) is 0.688. The topological polar surface area (TPSA) is 91.8 Å². The zero-order valence-electron chi connectivity index (χ0n) is 14.0. The lowest BCUT2D eigenvalue weighted by molar-refractivity contribution is -0.133. The highest BCUT2D eigenvalue weighted by molar-refractivity contribution is 8.01. The van der Waals surface area contributed by atoms with Crippen molar-refractivity contribution < 1.29 is 19.4 Å². The number of thiazole rings is 1. The van der Waals surface area contributed by atoms with E-state index in [-0.39, 0.29) is 23.9 Å². The van der Waals surface area contributed by atoms with Crippen molar-refractivity contribution >= 4 is 40.2 Å². The van der Waals surface area contributed by atoms with E-state index < -0.39 is 5.97 Å². The van der Waals surface area contributed by atoms with Gasteiger partial charge in [-0.05, 0) is 19.3 Å². The highest BCUT2D eigenvalue weighted by atomic mass is 32.2. The predicted octanol–water partition coefficient (Wildman–Crippen LogP) is 3.28. The van der Waals surface area contributed by atoms with E-state index >= 15 is 0 Å². The Morgan fingerprint density at radius 3 is 2.80 bits per heavy atom. The molecular weight excluding hydrogens is 362 g/mol. The van der Waals surface area contributed by atoms with Crippen LogP contribution in [0.4, 0.5) is 9.93 Å². The lowest BCUT2D eigenvalue weighted by atomic mass is 9.93. The van der Waals surface area contributed by atoms with Gasteiger partial charge in [0.05, 0.1) is 28.8 Å². The number of amides is 2. The monoisotopic (exact) mass is 385 g/mol. The largest absolute Gasteiger partial charge is 0.481 e. The van der Waals surface area contributed by atoms with Gasteiger partial charge in [0.15, 0.2) is 5.13 Å². The Morgan fingerprint density at radius 2 is 2.12 bits per heavy atom. The van der Waals surface area contributed by atoms with Crippen LogP contribution in [0.3, 0.4) is 0 Å². The minimum atomic E-state index is -0.867. The number of carboxylic acid groups (broad SMARTS) is 1. The first-order valence-electron chi connectivity index (χ1n) is 8.61. The molecule has 1 aliphatic heterocycles. The molecule has 2 aliphatic rings. The fourth-order valence-electron chi connectivity index (χ4n) is 3.40. The van der Waals surface area contributed by atoms with Crippen LogP contribution in [0, 0.1) is 0 Å².